The summed E-state index contributed by atoms with van der Waals surface area (Å²) in [4.78, 5) is 2.00. The summed E-state index contributed by atoms with van der Waals surface area (Å²) >= 11 is 6.07. The fraction of sp³-hybridized carbons (Fsp3) is 0.294. The summed E-state index contributed by atoms with van der Waals surface area (Å²) in [6.45, 7) is 1.20. The van der Waals surface area contributed by atoms with Crippen molar-refractivity contribution in [3.8, 4) is 11.1 Å². The fourth-order valence-electron chi connectivity index (χ4n) is 2.97. The molecule has 110 valence electrons. The van der Waals surface area contributed by atoms with Gasteiger partial charge in [0.05, 0.1) is 13.2 Å². The molecule has 0 amide bonds. The molecule has 0 bridgehead atoms. The second-order valence-corrected chi connectivity index (χ2v) is 5.69. The molecule has 0 radical (unpaired) electrons. The van der Waals surface area contributed by atoms with Gasteiger partial charge in [0.1, 0.15) is 0 Å². The van der Waals surface area contributed by atoms with Crippen LogP contribution in [0.3, 0.4) is 0 Å². The smallest absolute Gasteiger partial charge is 0.0606 e. The van der Waals surface area contributed by atoms with Gasteiger partial charge >= 0.3 is 0 Å². The third kappa shape index (κ3) is 2.77. The molecule has 0 saturated carbocycles. The maximum Gasteiger partial charge on any atom is 0.0606 e. The van der Waals surface area contributed by atoms with Crippen LogP contribution in [0.2, 0.25) is 5.02 Å². The van der Waals surface area contributed by atoms with Crippen LogP contribution in [0.25, 0.3) is 11.1 Å². The van der Waals surface area contributed by atoms with E-state index in [1.165, 1.54) is 22.3 Å². The van der Waals surface area contributed by atoms with E-state index in [-0.39, 0.29) is 13.2 Å². The quantitative estimate of drug-likeness (QED) is 0.762. The van der Waals surface area contributed by atoms with E-state index in [9.17, 15) is 0 Å². The highest BCUT2D eigenvalue weighted by molar-refractivity contribution is 6.30. The molecule has 2 aromatic rings. The van der Waals surface area contributed by atoms with Crippen molar-refractivity contribution in [2.75, 3.05) is 31.2 Å². The molecule has 0 fully saturated rings. The zero-order valence-corrected chi connectivity index (χ0v) is 12.5. The van der Waals surface area contributed by atoms with Crippen molar-refractivity contribution in [1.29, 1.82) is 0 Å². The van der Waals surface area contributed by atoms with Crippen LogP contribution in [0.1, 0.15) is 11.1 Å². The Morgan fingerprint density at radius 1 is 0.905 bits per heavy atom. The van der Waals surface area contributed by atoms with Crippen molar-refractivity contribution in [2.24, 2.45) is 0 Å². The van der Waals surface area contributed by atoms with Crippen LogP contribution in [0, 0.1) is 0 Å². The Balaban J connectivity index is 1.94. The minimum absolute atomic E-state index is 0.0763. The molecule has 3 nitrogen and oxygen atoms in total. The van der Waals surface area contributed by atoms with Crippen molar-refractivity contribution in [3.05, 3.63) is 52.5 Å². The molecule has 0 unspecified atom stereocenters. The molecule has 1 aliphatic rings. The molecular weight excluding hydrogens is 286 g/mol. The van der Waals surface area contributed by atoms with Crippen molar-refractivity contribution >= 4 is 17.3 Å². The summed E-state index contributed by atoms with van der Waals surface area (Å²) in [5.41, 5.74) is 6.06. The number of aliphatic hydroxyl groups excluding tert-OH is 2. The van der Waals surface area contributed by atoms with E-state index in [2.05, 4.69) is 18.2 Å². The Bertz CT molecular complexity index is 651. The molecule has 4 heteroatoms. The summed E-state index contributed by atoms with van der Waals surface area (Å²) < 4.78 is 0. The van der Waals surface area contributed by atoms with Crippen LogP contribution in [0.4, 0.5) is 5.69 Å². The Hall–Kier alpha value is -1.55. The van der Waals surface area contributed by atoms with Gasteiger partial charge in [-0.1, -0.05) is 23.7 Å². The first-order valence-corrected chi connectivity index (χ1v) is 7.49. The molecule has 0 saturated heterocycles. The van der Waals surface area contributed by atoms with E-state index in [0.29, 0.717) is 13.1 Å². The molecule has 0 spiro atoms. The van der Waals surface area contributed by atoms with E-state index in [1.54, 1.807) is 0 Å². The number of benzene rings is 2. The summed E-state index contributed by atoms with van der Waals surface area (Å²) in [6, 6.07) is 12.3. The third-order valence-corrected chi connectivity index (χ3v) is 4.17. The van der Waals surface area contributed by atoms with Crippen LogP contribution in [-0.4, -0.2) is 36.5 Å². The van der Waals surface area contributed by atoms with Gasteiger partial charge in [-0.3, -0.25) is 0 Å². The fourth-order valence-corrected chi connectivity index (χ4v) is 3.17. The first-order chi connectivity index (χ1) is 10.2. The number of nitrogens with zero attached hydrogens (tertiary/aromatic N) is 1. The minimum Gasteiger partial charge on any atom is -0.395 e. The monoisotopic (exact) mass is 303 g/mol. The highest BCUT2D eigenvalue weighted by Crippen LogP contribution is 2.39. The normalized spacial score (nSPS) is 12.1. The van der Waals surface area contributed by atoms with Gasteiger partial charge in [0, 0.05) is 23.8 Å². The van der Waals surface area contributed by atoms with E-state index < -0.39 is 0 Å². The predicted molar refractivity (Wildman–Crippen MR) is 86.1 cm³/mol. The van der Waals surface area contributed by atoms with E-state index in [4.69, 9.17) is 21.8 Å². The van der Waals surface area contributed by atoms with Crippen molar-refractivity contribution in [3.63, 3.8) is 0 Å². The van der Waals surface area contributed by atoms with Gasteiger partial charge in [-0.2, -0.15) is 0 Å². The van der Waals surface area contributed by atoms with E-state index in [1.807, 2.05) is 23.1 Å². The largest absolute Gasteiger partial charge is 0.395 e. The standard InChI is InChI=1S/C17H18ClNO2/c18-14-1-3-16-12(10-14)9-13-11-15(2-4-17(13)16)19(5-7-20)6-8-21/h1-4,10-11,20-21H,5-9H2. The summed E-state index contributed by atoms with van der Waals surface area (Å²) in [5.74, 6) is 0. The minimum atomic E-state index is 0.0763. The zero-order chi connectivity index (χ0) is 14.8. The topological polar surface area (TPSA) is 43.7 Å². The van der Waals surface area contributed by atoms with Gasteiger partial charge < -0.3 is 15.1 Å². The lowest BCUT2D eigenvalue weighted by molar-refractivity contribution is 0.281. The number of rotatable bonds is 5. The Kier molecular flexibility index (Phi) is 4.15. The van der Waals surface area contributed by atoms with Gasteiger partial charge in [0.2, 0.25) is 0 Å². The molecular formula is C17H18ClNO2. The second kappa shape index (κ2) is 6.06. The lowest BCUT2D eigenvalue weighted by Crippen LogP contribution is -2.29. The molecule has 0 aliphatic heterocycles. The first-order valence-electron chi connectivity index (χ1n) is 7.11. The average Bonchev–Trinajstić information content (AvgIpc) is 2.83. The molecule has 0 heterocycles. The molecule has 2 aromatic carbocycles. The maximum atomic E-state index is 9.15. The van der Waals surface area contributed by atoms with Crippen LogP contribution in [0.5, 0.6) is 0 Å². The number of aliphatic hydroxyl groups is 2. The lowest BCUT2D eigenvalue weighted by atomic mass is 10.1. The molecule has 0 atom stereocenters. The average molecular weight is 304 g/mol. The maximum absolute atomic E-state index is 9.15. The lowest BCUT2D eigenvalue weighted by Gasteiger charge is -2.23. The molecule has 3 rings (SSSR count). The number of hydrogen-bond donors (Lipinski definition) is 2. The highest BCUT2D eigenvalue weighted by Gasteiger charge is 2.19. The van der Waals surface area contributed by atoms with Crippen molar-refractivity contribution in [1.82, 2.24) is 0 Å². The zero-order valence-electron chi connectivity index (χ0n) is 11.7. The van der Waals surface area contributed by atoms with Crippen LogP contribution in [0.15, 0.2) is 36.4 Å². The molecule has 2 N–H and O–H groups in total. The number of fused-ring (bicyclic) bond motifs is 3. The Morgan fingerprint density at radius 2 is 1.52 bits per heavy atom. The predicted octanol–water partition coefficient (Wildman–Crippen LogP) is 2.70. The van der Waals surface area contributed by atoms with E-state index in [0.717, 1.165) is 17.1 Å². The highest BCUT2D eigenvalue weighted by atomic mass is 35.5. The summed E-state index contributed by atoms with van der Waals surface area (Å²) in [6.07, 6.45) is 0.880. The Labute approximate surface area is 129 Å². The van der Waals surface area contributed by atoms with Crippen molar-refractivity contribution in [2.45, 2.75) is 6.42 Å². The first kappa shape index (κ1) is 14.4. The summed E-state index contributed by atoms with van der Waals surface area (Å²) in [5, 5.41) is 19.1. The van der Waals surface area contributed by atoms with Crippen LogP contribution >= 0.6 is 11.6 Å². The molecule has 21 heavy (non-hydrogen) atoms. The van der Waals surface area contributed by atoms with Gasteiger partial charge in [-0.25, -0.2) is 0 Å². The number of anilines is 1. The van der Waals surface area contributed by atoms with Gasteiger partial charge in [-0.05, 0) is 52.9 Å². The van der Waals surface area contributed by atoms with Crippen molar-refractivity contribution < 1.29 is 10.2 Å². The van der Waals surface area contributed by atoms with Crippen LogP contribution in [-0.2, 0) is 6.42 Å². The van der Waals surface area contributed by atoms with E-state index >= 15 is 0 Å². The van der Waals surface area contributed by atoms with Gasteiger partial charge in [-0.15, -0.1) is 0 Å². The SMILES string of the molecule is OCCN(CCO)c1ccc2c(c1)Cc1cc(Cl)ccc1-2. The van der Waals surface area contributed by atoms with Gasteiger partial charge in [0.15, 0.2) is 0 Å². The molecule has 1 aliphatic carbocycles. The third-order valence-electron chi connectivity index (χ3n) is 3.93. The second-order valence-electron chi connectivity index (χ2n) is 5.25. The Morgan fingerprint density at radius 3 is 2.19 bits per heavy atom. The van der Waals surface area contributed by atoms with Crippen LogP contribution < -0.4 is 4.90 Å². The molecule has 0 aromatic heterocycles. The summed E-state index contributed by atoms with van der Waals surface area (Å²) in [7, 11) is 0. The van der Waals surface area contributed by atoms with Gasteiger partial charge in [0.25, 0.3) is 0 Å². The number of halogens is 1. The number of hydrogen-bond acceptors (Lipinski definition) is 3.